The highest BCUT2D eigenvalue weighted by atomic mass is 14.5. The van der Waals surface area contributed by atoms with Gasteiger partial charge in [-0.05, 0) is 26.3 Å². The van der Waals surface area contributed by atoms with Gasteiger partial charge in [0.25, 0.3) is 0 Å². The molecule has 0 fully saturated rings. The highest BCUT2D eigenvalue weighted by molar-refractivity contribution is 5.17. The van der Waals surface area contributed by atoms with Crippen LogP contribution in [0.25, 0.3) is 0 Å². The van der Waals surface area contributed by atoms with E-state index >= 15 is 0 Å². The van der Waals surface area contributed by atoms with Gasteiger partial charge >= 0.3 is 0 Å². The van der Waals surface area contributed by atoms with E-state index < -0.39 is 0 Å². The van der Waals surface area contributed by atoms with Crippen molar-refractivity contribution in [1.29, 1.82) is 0 Å². The van der Waals surface area contributed by atoms with Gasteiger partial charge in [-0.1, -0.05) is 30.7 Å². The van der Waals surface area contributed by atoms with E-state index in [0.29, 0.717) is 0 Å². The fourth-order valence-electron chi connectivity index (χ4n) is 0.896. The van der Waals surface area contributed by atoms with Crippen LogP contribution in [0.1, 0.15) is 26.7 Å². The first-order chi connectivity index (χ1) is 4.85. The van der Waals surface area contributed by atoms with Crippen molar-refractivity contribution in [3.05, 3.63) is 23.8 Å². The number of rotatable bonds is 4. The first-order valence-corrected chi connectivity index (χ1v) is 3.87. The summed E-state index contributed by atoms with van der Waals surface area (Å²) in [6.45, 7) is 4.91. The molecule has 0 aliphatic heterocycles. The zero-order valence-electron chi connectivity index (χ0n) is 6.93. The topological polar surface area (TPSA) is 26.0 Å². The Morgan fingerprint density at radius 3 is 2.60 bits per heavy atom. The summed E-state index contributed by atoms with van der Waals surface area (Å²) in [5.74, 6) is 0. The third-order valence-corrected chi connectivity index (χ3v) is 1.28. The summed E-state index contributed by atoms with van der Waals surface area (Å²) in [6.07, 6.45) is 8.48. The van der Waals surface area contributed by atoms with E-state index in [1.807, 2.05) is 6.92 Å². The molecule has 1 heteroatoms. The van der Waals surface area contributed by atoms with Crippen LogP contribution < -0.4 is 5.73 Å². The van der Waals surface area contributed by atoms with E-state index in [2.05, 4.69) is 25.2 Å². The van der Waals surface area contributed by atoms with E-state index in [9.17, 15) is 0 Å². The van der Waals surface area contributed by atoms with Crippen LogP contribution in [0, 0.1) is 0 Å². The van der Waals surface area contributed by atoms with Crippen molar-refractivity contribution in [3.63, 3.8) is 0 Å². The van der Waals surface area contributed by atoms with Gasteiger partial charge in [-0.15, -0.1) is 0 Å². The Hall–Kier alpha value is -0.560. The van der Waals surface area contributed by atoms with Gasteiger partial charge in [0.1, 0.15) is 0 Å². The van der Waals surface area contributed by atoms with E-state index in [1.54, 1.807) is 0 Å². The van der Waals surface area contributed by atoms with Gasteiger partial charge in [0.2, 0.25) is 0 Å². The van der Waals surface area contributed by atoms with Gasteiger partial charge in [-0.3, -0.25) is 0 Å². The largest absolute Gasteiger partial charge is 0.330 e. The molecule has 2 N–H and O–H groups in total. The number of hydrogen-bond donors (Lipinski definition) is 1. The summed E-state index contributed by atoms with van der Waals surface area (Å²) in [4.78, 5) is 0. The van der Waals surface area contributed by atoms with Gasteiger partial charge in [0, 0.05) is 0 Å². The monoisotopic (exact) mass is 139 g/mol. The predicted octanol–water partition coefficient (Wildman–Crippen LogP) is 2.25. The van der Waals surface area contributed by atoms with E-state index in [4.69, 9.17) is 5.73 Å². The molecule has 0 rings (SSSR count). The molecular formula is C9H17N. The van der Waals surface area contributed by atoms with Crippen LogP contribution >= 0.6 is 0 Å². The van der Waals surface area contributed by atoms with Crippen molar-refractivity contribution in [2.75, 3.05) is 6.54 Å². The maximum absolute atomic E-state index is 5.42. The highest BCUT2D eigenvalue weighted by Crippen LogP contribution is 2.02. The van der Waals surface area contributed by atoms with Crippen LogP contribution in [0.3, 0.4) is 0 Å². The zero-order valence-corrected chi connectivity index (χ0v) is 6.93. The molecule has 0 atom stereocenters. The Morgan fingerprint density at radius 1 is 1.50 bits per heavy atom. The van der Waals surface area contributed by atoms with Crippen molar-refractivity contribution in [2.24, 2.45) is 5.73 Å². The Labute approximate surface area is 63.6 Å². The van der Waals surface area contributed by atoms with Gasteiger partial charge in [-0.2, -0.15) is 0 Å². The average Bonchev–Trinajstić information content (AvgIpc) is 1.90. The Morgan fingerprint density at radius 2 is 2.20 bits per heavy atom. The maximum atomic E-state index is 5.42. The maximum Gasteiger partial charge on any atom is -0.00368 e. The zero-order chi connectivity index (χ0) is 7.82. The second kappa shape index (κ2) is 6.56. The van der Waals surface area contributed by atoms with E-state index in [1.165, 1.54) is 5.57 Å². The quantitative estimate of drug-likeness (QED) is 0.594. The van der Waals surface area contributed by atoms with E-state index in [0.717, 1.165) is 19.4 Å². The van der Waals surface area contributed by atoms with Crippen molar-refractivity contribution in [2.45, 2.75) is 26.7 Å². The first kappa shape index (κ1) is 9.44. The summed E-state index contributed by atoms with van der Waals surface area (Å²) in [5, 5.41) is 0. The molecule has 0 aromatic carbocycles. The molecule has 0 aliphatic carbocycles. The van der Waals surface area contributed by atoms with Crippen molar-refractivity contribution in [3.8, 4) is 0 Å². The Balaban J connectivity index is 3.84. The Kier molecular flexibility index (Phi) is 6.19. The summed E-state index contributed by atoms with van der Waals surface area (Å²) >= 11 is 0. The SMILES string of the molecule is C/C=C\C(=C/CC)CCN. The van der Waals surface area contributed by atoms with Crippen LogP contribution in [0.15, 0.2) is 23.8 Å². The molecule has 0 saturated carbocycles. The number of hydrogen-bond acceptors (Lipinski definition) is 1. The van der Waals surface area contributed by atoms with Gasteiger partial charge in [0.05, 0.1) is 0 Å². The second-order valence-corrected chi connectivity index (χ2v) is 2.23. The van der Waals surface area contributed by atoms with Crippen LogP contribution in [0.4, 0.5) is 0 Å². The third kappa shape index (κ3) is 4.33. The molecule has 0 heterocycles. The molecule has 0 aliphatic rings. The molecular weight excluding hydrogens is 122 g/mol. The third-order valence-electron chi connectivity index (χ3n) is 1.28. The van der Waals surface area contributed by atoms with Gasteiger partial charge < -0.3 is 5.73 Å². The lowest BCUT2D eigenvalue weighted by Crippen LogP contribution is -1.98. The molecule has 0 bridgehead atoms. The smallest absolute Gasteiger partial charge is 0.00368 e. The predicted molar refractivity (Wildman–Crippen MR) is 46.9 cm³/mol. The lowest BCUT2D eigenvalue weighted by molar-refractivity contribution is 0.961. The number of nitrogens with two attached hydrogens (primary N) is 1. The molecule has 0 spiro atoms. The van der Waals surface area contributed by atoms with Crippen LogP contribution in [0.5, 0.6) is 0 Å². The molecule has 0 amide bonds. The standard InChI is InChI=1S/C9H17N/c1-3-5-9(6-4-2)7-8-10/h3,5-6H,4,7-8,10H2,1-2H3/b5-3-,9-6+. The molecule has 58 valence electrons. The van der Waals surface area contributed by atoms with Crippen LogP contribution in [-0.2, 0) is 0 Å². The van der Waals surface area contributed by atoms with Gasteiger partial charge in [-0.25, -0.2) is 0 Å². The van der Waals surface area contributed by atoms with E-state index in [-0.39, 0.29) is 0 Å². The highest BCUT2D eigenvalue weighted by Gasteiger charge is 1.86. The summed E-state index contributed by atoms with van der Waals surface area (Å²) < 4.78 is 0. The molecule has 0 unspecified atom stereocenters. The van der Waals surface area contributed by atoms with Crippen molar-refractivity contribution >= 4 is 0 Å². The fourth-order valence-corrected chi connectivity index (χ4v) is 0.896. The molecule has 1 nitrogen and oxygen atoms in total. The van der Waals surface area contributed by atoms with Crippen molar-refractivity contribution in [1.82, 2.24) is 0 Å². The van der Waals surface area contributed by atoms with Crippen LogP contribution in [-0.4, -0.2) is 6.54 Å². The lowest BCUT2D eigenvalue weighted by Gasteiger charge is -1.96. The van der Waals surface area contributed by atoms with Gasteiger partial charge in [0.15, 0.2) is 0 Å². The minimum absolute atomic E-state index is 0.746. The minimum atomic E-state index is 0.746. The number of allylic oxidation sites excluding steroid dienone is 3. The molecule has 0 aromatic rings. The first-order valence-electron chi connectivity index (χ1n) is 3.87. The average molecular weight is 139 g/mol. The summed E-state index contributed by atoms with van der Waals surface area (Å²) in [6, 6.07) is 0. The van der Waals surface area contributed by atoms with Crippen molar-refractivity contribution < 1.29 is 0 Å². The van der Waals surface area contributed by atoms with Crippen LogP contribution in [0.2, 0.25) is 0 Å². The molecule has 0 radical (unpaired) electrons. The lowest BCUT2D eigenvalue weighted by atomic mass is 10.1. The summed E-state index contributed by atoms with van der Waals surface area (Å²) in [5.41, 5.74) is 6.77. The second-order valence-electron chi connectivity index (χ2n) is 2.23. The molecule has 0 aromatic heterocycles. The Bertz CT molecular complexity index is 123. The summed E-state index contributed by atoms with van der Waals surface area (Å²) in [7, 11) is 0. The normalized spacial score (nSPS) is 12.9. The minimum Gasteiger partial charge on any atom is -0.330 e. The fraction of sp³-hybridized carbons (Fsp3) is 0.556. The molecule has 0 saturated heterocycles. The molecule has 10 heavy (non-hydrogen) atoms.